The molecule has 0 atom stereocenters. The minimum Gasteiger partial charge on any atom is -0.360 e. The molecule has 1 N–H and O–H groups in total. The molecular formula is C19H17IN4OS. The van der Waals surface area contributed by atoms with Gasteiger partial charge < -0.3 is 4.98 Å². The fraction of sp³-hybridized carbons (Fsp3) is 0.211. The number of H-pyrrole nitrogens is 1. The van der Waals surface area contributed by atoms with Crippen molar-refractivity contribution in [2.45, 2.75) is 20.8 Å². The summed E-state index contributed by atoms with van der Waals surface area (Å²) in [5.74, 6) is 0.0667. The number of halogens is 1. The second kappa shape index (κ2) is 6.38. The van der Waals surface area contributed by atoms with Crippen LogP contribution in [-0.2, 0) is 0 Å². The molecular weight excluding hydrogens is 459 g/mol. The first-order valence-corrected chi connectivity index (χ1v) is 11.5. The monoisotopic (exact) mass is 476 g/mol. The third-order valence-corrected chi connectivity index (χ3v) is 6.03. The number of hydrogen-bond acceptors (Lipinski definition) is 4. The topological polar surface area (TPSA) is 63.6 Å². The highest BCUT2D eigenvalue weighted by Crippen LogP contribution is 2.33. The van der Waals surface area contributed by atoms with E-state index in [1.807, 2.05) is 55.3 Å². The van der Waals surface area contributed by atoms with Crippen LogP contribution in [0.3, 0.4) is 0 Å². The highest BCUT2D eigenvalue weighted by atomic mass is 127. The second-order valence-electron chi connectivity index (χ2n) is 7.19. The molecule has 3 heterocycles. The first-order chi connectivity index (χ1) is 12.4. The van der Waals surface area contributed by atoms with E-state index in [1.54, 1.807) is 6.20 Å². The Morgan fingerprint density at radius 1 is 1.27 bits per heavy atom. The molecule has 0 saturated carbocycles. The van der Waals surface area contributed by atoms with Gasteiger partial charge in [0, 0.05) is 64.6 Å². The lowest BCUT2D eigenvalue weighted by Gasteiger charge is -2.15. The molecule has 7 heteroatoms. The lowest BCUT2D eigenvalue weighted by atomic mass is 9.87. The average molecular weight is 476 g/mol. The van der Waals surface area contributed by atoms with Crippen LogP contribution in [0.5, 0.6) is 0 Å². The molecule has 4 rings (SSSR count). The van der Waals surface area contributed by atoms with Crippen molar-refractivity contribution in [1.82, 2.24) is 18.9 Å². The van der Waals surface area contributed by atoms with Crippen molar-refractivity contribution in [3.05, 3.63) is 48.4 Å². The molecule has 0 aliphatic rings. The molecule has 4 aromatic rings. The van der Waals surface area contributed by atoms with E-state index in [0.29, 0.717) is 16.7 Å². The van der Waals surface area contributed by atoms with E-state index >= 15 is 0 Å². The highest BCUT2D eigenvalue weighted by Gasteiger charge is 2.28. The normalized spacial score (nSPS) is 12.2. The third kappa shape index (κ3) is 2.83. The molecule has 0 unspecified atom stereocenters. The number of ketones is 1. The fourth-order valence-corrected chi connectivity index (χ4v) is 4.25. The number of rotatable bonds is 3. The number of benzene rings is 1. The lowest BCUT2D eigenvalue weighted by Crippen LogP contribution is -2.20. The first-order valence-electron chi connectivity index (χ1n) is 8.18. The summed E-state index contributed by atoms with van der Waals surface area (Å²) in [5, 5.41) is 1.09. The van der Waals surface area contributed by atoms with Crippen molar-refractivity contribution in [1.29, 1.82) is 0 Å². The van der Waals surface area contributed by atoms with E-state index in [9.17, 15) is 4.79 Å². The maximum atomic E-state index is 12.9. The molecule has 3 aromatic heterocycles. The van der Waals surface area contributed by atoms with Crippen LogP contribution in [0.25, 0.3) is 33.3 Å². The molecule has 0 aliphatic carbocycles. The maximum Gasteiger partial charge on any atom is 0.172 e. The van der Waals surface area contributed by atoms with Crippen molar-refractivity contribution >= 4 is 58.2 Å². The van der Waals surface area contributed by atoms with Gasteiger partial charge in [-0.2, -0.15) is 0 Å². The summed E-state index contributed by atoms with van der Waals surface area (Å²) in [6.45, 7) is 5.77. The van der Waals surface area contributed by atoms with Gasteiger partial charge in [-0.15, -0.1) is 0 Å². The van der Waals surface area contributed by atoms with Gasteiger partial charge in [0.25, 0.3) is 0 Å². The summed E-state index contributed by atoms with van der Waals surface area (Å²) in [5.41, 5.74) is 4.29. The van der Waals surface area contributed by atoms with Crippen molar-refractivity contribution < 1.29 is 4.79 Å². The fourth-order valence-electron chi connectivity index (χ4n) is 3.00. The van der Waals surface area contributed by atoms with Crippen LogP contribution >= 0.6 is 30.3 Å². The Labute approximate surface area is 167 Å². The Hall–Kier alpha value is -1.87. The molecule has 0 spiro atoms. The Balaban J connectivity index is 1.95. The minimum absolute atomic E-state index is 0.0667. The molecule has 0 fully saturated rings. The van der Waals surface area contributed by atoms with Crippen LogP contribution in [0.1, 0.15) is 31.1 Å². The Bertz CT molecular complexity index is 1140. The van der Waals surface area contributed by atoms with Gasteiger partial charge in [-0.25, -0.2) is 9.97 Å². The Kier molecular flexibility index (Phi) is 4.31. The van der Waals surface area contributed by atoms with Crippen molar-refractivity contribution in [3.8, 4) is 11.3 Å². The molecule has 0 saturated heterocycles. The predicted molar refractivity (Wildman–Crippen MR) is 116 cm³/mol. The summed E-state index contributed by atoms with van der Waals surface area (Å²) >= 11 is 2.19. The zero-order chi connectivity index (χ0) is 18.5. The number of carbonyl (C=O) groups excluding carboxylic acids is 1. The van der Waals surface area contributed by atoms with Gasteiger partial charge in [0.1, 0.15) is 5.52 Å². The van der Waals surface area contributed by atoms with Crippen molar-refractivity contribution in [3.63, 3.8) is 0 Å². The van der Waals surface area contributed by atoms with Crippen LogP contribution < -0.4 is 0 Å². The molecule has 5 nitrogen and oxygen atoms in total. The number of nitrogens with zero attached hydrogens (tertiary/aromatic N) is 3. The standard InChI is InChI=1S/C19H17IN4OS/c1-19(2,3)17(25)13-10-24(26-20)18-16(13)23-15(9-22-18)12-8-21-14-7-5-4-6-11(12)14/h4-10,21H,1-3H3. The van der Waals surface area contributed by atoms with E-state index in [0.717, 1.165) is 22.2 Å². The summed E-state index contributed by atoms with van der Waals surface area (Å²) in [7, 11) is 1.48. The SMILES string of the molecule is CC(C)(C)C(=O)c1cn(SI)c2ncc(-c3c[nH]c4ccccc34)nc12. The van der Waals surface area contributed by atoms with Crippen LogP contribution in [-0.4, -0.2) is 24.7 Å². The quantitative estimate of drug-likeness (QED) is 0.307. The summed E-state index contributed by atoms with van der Waals surface area (Å²) in [4.78, 5) is 25.6. The number of aromatic amines is 1. The number of nitrogens with one attached hydrogen (secondary N) is 1. The van der Waals surface area contributed by atoms with E-state index < -0.39 is 5.41 Å². The summed E-state index contributed by atoms with van der Waals surface area (Å²) in [6, 6.07) is 8.08. The van der Waals surface area contributed by atoms with Gasteiger partial charge in [0.05, 0.1) is 17.5 Å². The first kappa shape index (κ1) is 17.5. The zero-order valence-corrected chi connectivity index (χ0v) is 17.6. The smallest absolute Gasteiger partial charge is 0.172 e. The van der Waals surface area contributed by atoms with Crippen LogP contribution in [0.2, 0.25) is 0 Å². The lowest BCUT2D eigenvalue weighted by molar-refractivity contribution is 0.0860. The molecule has 132 valence electrons. The number of aromatic nitrogens is 4. The molecule has 26 heavy (non-hydrogen) atoms. The number of hydrogen-bond donors (Lipinski definition) is 1. The number of Topliss-reactive ketones (excluding diaryl/α,β-unsaturated/α-hetero) is 1. The summed E-state index contributed by atoms with van der Waals surface area (Å²) < 4.78 is 1.89. The predicted octanol–water partition coefficient (Wildman–Crippen LogP) is 5.65. The maximum absolute atomic E-state index is 12.9. The average Bonchev–Trinajstić information content (AvgIpc) is 3.21. The van der Waals surface area contributed by atoms with Gasteiger partial charge in [0.15, 0.2) is 11.4 Å². The largest absolute Gasteiger partial charge is 0.360 e. The van der Waals surface area contributed by atoms with Gasteiger partial charge >= 0.3 is 0 Å². The van der Waals surface area contributed by atoms with Gasteiger partial charge in [0.2, 0.25) is 0 Å². The zero-order valence-electron chi connectivity index (χ0n) is 14.6. The third-order valence-electron chi connectivity index (χ3n) is 4.33. The van der Waals surface area contributed by atoms with E-state index in [1.165, 1.54) is 9.12 Å². The van der Waals surface area contributed by atoms with Crippen molar-refractivity contribution in [2.75, 3.05) is 0 Å². The van der Waals surface area contributed by atoms with Crippen LogP contribution in [0.4, 0.5) is 0 Å². The highest BCUT2D eigenvalue weighted by molar-refractivity contribution is 14.2. The van der Waals surface area contributed by atoms with E-state index in [-0.39, 0.29) is 5.78 Å². The molecule has 0 bridgehead atoms. The van der Waals surface area contributed by atoms with E-state index in [4.69, 9.17) is 4.98 Å². The Morgan fingerprint density at radius 2 is 2.04 bits per heavy atom. The number of fused-ring (bicyclic) bond motifs is 2. The summed E-state index contributed by atoms with van der Waals surface area (Å²) in [6.07, 6.45) is 5.55. The molecule has 0 aliphatic heterocycles. The Morgan fingerprint density at radius 3 is 2.77 bits per heavy atom. The minimum atomic E-state index is -0.479. The molecule has 0 amide bonds. The number of carbonyl (C=O) groups is 1. The number of para-hydroxylation sites is 1. The van der Waals surface area contributed by atoms with E-state index in [2.05, 4.69) is 37.2 Å². The van der Waals surface area contributed by atoms with Gasteiger partial charge in [-0.1, -0.05) is 39.0 Å². The molecule has 1 aromatic carbocycles. The van der Waals surface area contributed by atoms with Crippen LogP contribution in [0.15, 0.2) is 42.9 Å². The van der Waals surface area contributed by atoms with Gasteiger partial charge in [-0.3, -0.25) is 8.77 Å². The van der Waals surface area contributed by atoms with Gasteiger partial charge in [-0.05, 0) is 6.07 Å². The van der Waals surface area contributed by atoms with Crippen LogP contribution in [0, 0.1) is 5.41 Å². The van der Waals surface area contributed by atoms with Crippen molar-refractivity contribution in [2.24, 2.45) is 5.41 Å². The molecule has 0 radical (unpaired) electrons. The second-order valence-corrected chi connectivity index (χ2v) is 8.91.